The number of ether oxygens (including phenoxy) is 1. The van der Waals surface area contributed by atoms with Gasteiger partial charge < -0.3 is 19.5 Å². The summed E-state index contributed by atoms with van der Waals surface area (Å²) < 4.78 is 7.25. The van der Waals surface area contributed by atoms with Crippen molar-refractivity contribution in [2.45, 2.75) is 32.4 Å². The van der Waals surface area contributed by atoms with Crippen molar-refractivity contribution < 1.29 is 9.53 Å². The molecule has 0 unspecified atom stereocenters. The first-order valence-electron chi connectivity index (χ1n) is 8.68. The van der Waals surface area contributed by atoms with E-state index in [1.54, 1.807) is 7.11 Å². The van der Waals surface area contributed by atoms with E-state index < -0.39 is 0 Å². The van der Waals surface area contributed by atoms with Gasteiger partial charge in [0.05, 0.1) is 12.8 Å². The molecule has 1 fully saturated rings. The third kappa shape index (κ3) is 4.20. The van der Waals surface area contributed by atoms with E-state index in [0.29, 0.717) is 6.42 Å². The van der Waals surface area contributed by atoms with E-state index >= 15 is 0 Å². The minimum absolute atomic E-state index is 0.207. The van der Waals surface area contributed by atoms with E-state index in [1.807, 2.05) is 37.2 Å². The summed E-state index contributed by atoms with van der Waals surface area (Å²) in [5.41, 5.74) is 2.36. The lowest BCUT2D eigenvalue weighted by molar-refractivity contribution is -0.127. The molecule has 2 aromatic rings. The van der Waals surface area contributed by atoms with E-state index in [2.05, 4.69) is 27.0 Å². The molecule has 0 saturated carbocycles. The molecule has 25 heavy (non-hydrogen) atoms. The number of carbonyl (C=O) groups excluding carboxylic acids is 1. The van der Waals surface area contributed by atoms with Crippen LogP contribution in [0.3, 0.4) is 0 Å². The highest BCUT2D eigenvalue weighted by atomic mass is 16.5. The maximum absolute atomic E-state index is 12.2. The van der Waals surface area contributed by atoms with E-state index in [9.17, 15) is 4.79 Å². The smallest absolute Gasteiger partial charge is 0.224 e. The van der Waals surface area contributed by atoms with Crippen molar-refractivity contribution in [2.75, 3.05) is 20.2 Å². The van der Waals surface area contributed by atoms with Crippen molar-refractivity contribution >= 4 is 5.91 Å². The third-order valence-electron chi connectivity index (χ3n) is 4.93. The molecule has 1 aromatic heterocycles. The molecule has 1 amide bonds. The molecule has 6 heteroatoms. The van der Waals surface area contributed by atoms with E-state index in [0.717, 1.165) is 43.3 Å². The molecule has 1 saturated heterocycles. The van der Waals surface area contributed by atoms with E-state index in [4.69, 9.17) is 4.74 Å². The van der Waals surface area contributed by atoms with Crippen LogP contribution in [-0.4, -0.2) is 46.6 Å². The van der Waals surface area contributed by atoms with Gasteiger partial charge in [0.15, 0.2) is 0 Å². The van der Waals surface area contributed by atoms with Gasteiger partial charge in [-0.3, -0.25) is 4.79 Å². The van der Waals surface area contributed by atoms with Gasteiger partial charge >= 0.3 is 0 Å². The van der Waals surface area contributed by atoms with Crippen LogP contribution in [0.15, 0.2) is 30.5 Å². The Morgan fingerprint density at radius 2 is 2.08 bits per heavy atom. The Labute approximate surface area is 148 Å². The quantitative estimate of drug-likeness (QED) is 0.832. The number of carbonyl (C=O) groups is 1. The lowest BCUT2D eigenvalue weighted by Gasteiger charge is -2.17. The number of likely N-dealkylation sites (tertiary alicyclic amines) is 1. The SMILES string of the molecule is COc1ccc(CCN2C[C@H](NCc3cnc(C)n3C)CC2=O)cc1. The van der Waals surface area contributed by atoms with Gasteiger partial charge in [0.25, 0.3) is 0 Å². The Morgan fingerprint density at radius 1 is 1.32 bits per heavy atom. The van der Waals surface area contributed by atoms with Crippen LogP contribution in [0.2, 0.25) is 0 Å². The second-order valence-electron chi connectivity index (χ2n) is 6.58. The lowest BCUT2D eigenvalue weighted by atomic mass is 10.1. The Balaban J connectivity index is 1.47. The van der Waals surface area contributed by atoms with Gasteiger partial charge in [0.2, 0.25) is 5.91 Å². The number of nitrogens with zero attached hydrogens (tertiary/aromatic N) is 3. The summed E-state index contributed by atoms with van der Waals surface area (Å²) in [7, 11) is 3.68. The topological polar surface area (TPSA) is 59.4 Å². The number of imidazole rings is 1. The number of nitrogens with one attached hydrogen (secondary N) is 1. The van der Waals surface area contributed by atoms with Crippen molar-refractivity contribution in [1.82, 2.24) is 19.8 Å². The summed E-state index contributed by atoms with van der Waals surface area (Å²) in [5.74, 6) is 2.09. The zero-order valence-corrected chi connectivity index (χ0v) is 15.2. The van der Waals surface area contributed by atoms with Gasteiger partial charge in [-0.25, -0.2) is 4.98 Å². The maximum atomic E-state index is 12.2. The second-order valence-corrected chi connectivity index (χ2v) is 6.58. The first-order valence-corrected chi connectivity index (χ1v) is 8.68. The third-order valence-corrected chi connectivity index (χ3v) is 4.93. The molecule has 6 nitrogen and oxygen atoms in total. The highest BCUT2D eigenvalue weighted by molar-refractivity contribution is 5.79. The Morgan fingerprint density at radius 3 is 2.72 bits per heavy atom. The fourth-order valence-corrected chi connectivity index (χ4v) is 3.14. The average Bonchev–Trinajstić information content (AvgIpc) is 3.14. The summed E-state index contributed by atoms with van der Waals surface area (Å²) in [6.45, 7) is 4.26. The van der Waals surface area contributed by atoms with Crippen molar-refractivity contribution in [3.63, 3.8) is 0 Å². The van der Waals surface area contributed by atoms with Gasteiger partial charge in [0, 0.05) is 45.3 Å². The summed E-state index contributed by atoms with van der Waals surface area (Å²) in [6.07, 6.45) is 3.32. The molecule has 0 radical (unpaired) electrons. The Hall–Kier alpha value is -2.34. The lowest BCUT2D eigenvalue weighted by Crippen LogP contribution is -2.33. The van der Waals surface area contributed by atoms with Crippen LogP contribution in [0, 0.1) is 6.92 Å². The minimum atomic E-state index is 0.207. The highest BCUT2D eigenvalue weighted by Gasteiger charge is 2.28. The van der Waals surface area contributed by atoms with Gasteiger partial charge in [-0.05, 0) is 31.0 Å². The normalized spacial score (nSPS) is 17.3. The Kier molecular flexibility index (Phi) is 5.38. The molecule has 0 bridgehead atoms. The van der Waals surface area contributed by atoms with Crippen molar-refractivity contribution in [3.05, 3.63) is 47.5 Å². The standard InChI is InChI=1S/C19H26N4O2/c1-14-20-11-17(22(14)2)12-21-16-10-19(24)23(13-16)9-8-15-4-6-18(25-3)7-5-15/h4-7,11,16,21H,8-10,12-13H2,1-3H3/t16-/m1/s1. The van der Waals surface area contributed by atoms with E-state index in [-0.39, 0.29) is 11.9 Å². The number of benzene rings is 1. The van der Waals surface area contributed by atoms with Crippen LogP contribution in [0.4, 0.5) is 0 Å². The summed E-state index contributed by atoms with van der Waals surface area (Å²) in [5, 5.41) is 3.49. The molecule has 1 aliphatic heterocycles. The van der Waals surface area contributed by atoms with Gasteiger partial charge in [-0.1, -0.05) is 12.1 Å². The van der Waals surface area contributed by atoms with Crippen molar-refractivity contribution in [1.29, 1.82) is 0 Å². The average molecular weight is 342 g/mol. The number of rotatable bonds is 7. The minimum Gasteiger partial charge on any atom is -0.497 e. The molecule has 1 atom stereocenters. The van der Waals surface area contributed by atoms with Crippen molar-refractivity contribution in [2.24, 2.45) is 7.05 Å². The molecular weight excluding hydrogens is 316 g/mol. The largest absolute Gasteiger partial charge is 0.497 e. The summed E-state index contributed by atoms with van der Waals surface area (Å²) >= 11 is 0. The van der Waals surface area contributed by atoms with Crippen LogP contribution in [0.5, 0.6) is 5.75 Å². The van der Waals surface area contributed by atoms with Gasteiger partial charge in [-0.2, -0.15) is 0 Å². The van der Waals surface area contributed by atoms with Crippen molar-refractivity contribution in [3.8, 4) is 5.75 Å². The van der Waals surface area contributed by atoms with Crippen LogP contribution in [0.25, 0.3) is 0 Å². The monoisotopic (exact) mass is 342 g/mol. The number of hydrogen-bond acceptors (Lipinski definition) is 4. The number of aryl methyl sites for hydroxylation is 1. The van der Waals surface area contributed by atoms with E-state index in [1.165, 1.54) is 5.56 Å². The first kappa shape index (κ1) is 17.5. The molecule has 2 heterocycles. The molecular formula is C19H26N4O2. The predicted molar refractivity (Wildman–Crippen MR) is 96.5 cm³/mol. The second kappa shape index (κ2) is 7.70. The van der Waals surface area contributed by atoms with Gasteiger partial charge in [0.1, 0.15) is 11.6 Å². The number of hydrogen-bond donors (Lipinski definition) is 1. The molecule has 0 aliphatic carbocycles. The van der Waals surface area contributed by atoms with Gasteiger partial charge in [-0.15, -0.1) is 0 Å². The highest BCUT2D eigenvalue weighted by Crippen LogP contribution is 2.15. The molecule has 1 N–H and O–H groups in total. The van der Waals surface area contributed by atoms with Crippen LogP contribution in [0.1, 0.15) is 23.5 Å². The number of aromatic nitrogens is 2. The molecule has 0 spiro atoms. The molecule has 1 aromatic carbocycles. The summed E-state index contributed by atoms with van der Waals surface area (Å²) in [6, 6.07) is 8.24. The number of methoxy groups -OCH3 is 1. The molecule has 134 valence electrons. The first-order chi connectivity index (χ1) is 12.1. The molecule has 3 rings (SSSR count). The Bertz CT molecular complexity index is 724. The fourth-order valence-electron chi connectivity index (χ4n) is 3.14. The maximum Gasteiger partial charge on any atom is 0.224 e. The van der Waals surface area contributed by atoms with Crippen LogP contribution >= 0.6 is 0 Å². The summed E-state index contributed by atoms with van der Waals surface area (Å²) in [4.78, 5) is 18.5. The van der Waals surface area contributed by atoms with Crippen LogP contribution < -0.4 is 10.1 Å². The zero-order chi connectivity index (χ0) is 17.8. The predicted octanol–water partition coefficient (Wildman–Crippen LogP) is 1.67. The fraction of sp³-hybridized carbons (Fsp3) is 0.474. The zero-order valence-electron chi connectivity index (χ0n) is 15.2. The number of amides is 1. The van der Waals surface area contributed by atoms with Crippen LogP contribution in [-0.2, 0) is 24.8 Å². The molecule has 1 aliphatic rings.